The zero-order valence-electron chi connectivity index (χ0n) is 8.70. The third-order valence-electron chi connectivity index (χ3n) is 1.60. The molecule has 1 saturated heterocycles. The first-order chi connectivity index (χ1) is 6.40. The molecule has 0 saturated carbocycles. The zero-order valence-corrected chi connectivity index (χ0v) is 9.52. The van der Waals surface area contributed by atoms with Gasteiger partial charge in [0, 0.05) is 12.3 Å². The van der Waals surface area contributed by atoms with E-state index in [0.29, 0.717) is 12.3 Å². The number of carbonyl (C=O) groups is 2. The molecule has 4 nitrogen and oxygen atoms in total. The molecule has 2 amide bonds. The Balaban J connectivity index is 2.55. The van der Waals surface area contributed by atoms with Gasteiger partial charge in [0.1, 0.15) is 5.60 Å². The molecule has 1 rings (SSSR count). The van der Waals surface area contributed by atoms with Crippen molar-refractivity contribution in [2.24, 2.45) is 0 Å². The summed E-state index contributed by atoms with van der Waals surface area (Å²) < 4.78 is 5.10. The van der Waals surface area contributed by atoms with E-state index in [4.69, 9.17) is 4.74 Å². The van der Waals surface area contributed by atoms with Crippen molar-refractivity contribution in [3.8, 4) is 0 Å². The number of imide groups is 1. The first kappa shape index (κ1) is 11.4. The Hall–Kier alpha value is -0.710. The summed E-state index contributed by atoms with van der Waals surface area (Å²) in [7, 11) is 0. The van der Waals surface area contributed by atoms with E-state index in [9.17, 15) is 9.59 Å². The largest absolute Gasteiger partial charge is 0.443 e. The van der Waals surface area contributed by atoms with Gasteiger partial charge in [-0.1, -0.05) is 0 Å². The SMILES string of the molecule is CC(C)(C)OC(=O)N1CCSCC1=O. The lowest BCUT2D eigenvalue weighted by Gasteiger charge is -2.28. The van der Waals surface area contributed by atoms with Crippen LogP contribution in [0.2, 0.25) is 0 Å². The first-order valence-electron chi connectivity index (χ1n) is 4.51. The summed E-state index contributed by atoms with van der Waals surface area (Å²) in [6.07, 6.45) is -0.525. The molecule has 0 aromatic rings. The van der Waals surface area contributed by atoms with E-state index in [1.807, 2.05) is 0 Å². The van der Waals surface area contributed by atoms with Gasteiger partial charge in [0.05, 0.1) is 5.75 Å². The summed E-state index contributed by atoms with van der Waals surface area (Å²) in [5.74, 6) is 1.01. The highest BCUT2D eigenvalue weighted by molar-refractivity contribution is 8.00. The minimum Gasteiger partial charge on any atom is -0.443 e. The second-order valence-corrected chi connectivity index (χ2v) is 5.18. The number of thioether (sulfide) groups is 1. The number of hydrogen-bond acceptors (Lipinski definition) is 4. The van der Waals surface area contributed by atoms with Gasteiger partial charge in [-0.25, -0.2) is 9.69 Å². The van der Waals surface area contributed by atoms with Crippen LogP contribution in [-0.4, -0.2) is 40.6 Å². The Morgan fingerprint density at radius 1 is 1.50 bits per heavy atom. The third kappa shape index (κ3) is 3.21. The molecule has 1 aliphatic rings. The molecule has 5 heteroatoms. The predicted octanol–water partition coefficient (Wildman–Crippen LogP) is 1.50. The Bertz CT molecular complexity index is 247. The maximum atomic E-state index is 11.5. The number of amides is 2. The van der Waals surface area contributed by atoms with E-state index < -0.39 is 11.7 Å². The minimum absolute atomic E-state index is 0.157. The molecule has 1 heterocycles. The van der Waals surface area contributed by atoms with Gasteiger partial charge < -0.3 is 4.74 Å². The molecular formula is C9H15NO3S. The molecule has 0 atom stereocenters. The van der Waals surface area contributed by atoms with Crippen molar-refractivity contribution < 1.29 is 14.3 Å². The third-order valence-corrected chi connectivity index (χ3v) is 2.52. The Labute approximate surface area is 88.0 Å². The quantitative estimate of drug-likeness (QED) is 0.617. The van der Waals surface area contributed by atoms with Crippen LogP contribution < -0.4 is 0 Å². The summed E-state index contributed by atoms with van der Waals surface area (Å²) >= 11 is 1.54. The molecule has 0 unspecified atom stereocenters. The molecule has 0 radical (unpaired) electrons. The number of nitrogens with zero attached hydrogens (tertiary/aromatic N) is 1. The highest BCUT2D eigenvalue weighted by Gasteiger charge is 2.28. The molecule has 0 aliphatic carbocycles. The van der Waals surface area contributed by atoms with Gasteiger partial charge in [0.25, 0.3) is 0 Å². The van der Waals surface area contributed by atoms with Gasteiger partial charge >= 0.3 is 6.09 Å². The van der Waals surface area contributed by atoms with Crippen molar-refractivity contribution in [2.75, 3.05) is 18.1 Å². The standard InChI is InChI=1S/C9H15NO3S/c1-9(2,3)13-8(12)10-4-5-14-6-7(10)11/h4-6H2,1-3H3. The van der Waals surface area contributed by atoms with Crippen LogP contribution in [-0.2, 0) is 9.53 Å². The summed E-state index contributed by atoms with van der Waals surface area (Å²) in [4.78, 5) is 24.0. The van der Waals surface area contributed by atoms with Crippen molar-refractivity contribution >= 4 is 23.8 Å². The molecule has 14 heavy (non-hydrogen) atoms. The first-order valence-corrected chi connectivity index (χ1v) is 5.67. The molecule has 0 aromatic carbocycles. The predicted molar refractivity (Wildman–Crippen MR) is 55.3 cm³/mol. The van der Waals surface area contributed by atoms with Crippen LogP contribution in [0.5, 0.6) is 0 Å². The van der Waals surface area contributed by atoms with Crippen molar-refractivity contribution in [2.45, 2.75) is 26.4 Å². The van der Waals surface area contributed by atoms with Crippen molar-refractivity contribution in [3.05, 3.63) is 0 Å². The van der Waals surface area contributed by atoms with Gasteiger partial charge in [0.15, 0.2) is 0 Å². The van der Waals surface area contributed by atoms with Crippen LogP contribution in [0.3, 0.4) is 0 Å². The highest BCUT2D eigenvalue weighted by Crippen LogP contribution is 2.15. The van der Waals surface area contributed by atoms with Gasteiger partial charge in [-0.2, -0.15) is 11.8 Å². The Morgan fingerprint density at radius 2 is 2.14 bits per heavy atom. The van der Waals surface area contributed by atoms with Crippen molar-refractivity contribution in [3.63, 3.8) is 0 Å². The normalized spacial score (nSPS) is 18.2. The molecule has 0 spiro atoms. The fraction of sp³-hybridized carbons (Fsp3) is 0.778. The highest BCUT2D eigenvalue weighted by atomic mass is 32.2. The topological polar surface area (TPSA) is 46.6 Å². The second-order valence-electron chi connectivity index (χ2n) is 4.08. The van der Waals surface area contributed by atoms with Crippen LogP contribution in [0.1, 0.15) is 20.8 Å². The lowest BCUT2D eigenvalue weighted by molar-refractivity contribution is -0.127. The second kappa shape index (κ2) is 4.21. The lowest BCUT2D eigenvalue weighted by Crippen LogP contribution is -2.45. The fourth-order valence-corrected chi connectivity index (χ4v) is 1.81. The van der Waals surface area contributed by atoms with E-state index in [1.54, 1.807) is 32.5 Å². The maximum Gasteiger partial charge on any atom is 0.417 e. The average Bonchev–Trinajstić information content (AvgIpc) is 2.01. The Morgan fingerprint density at radius 3 is 2.64 bits per heavy atom. The zero-order chi connectivity index (χ0) is 10.8. The van der Waals surface area contributed by atoms with Gasteiger partial charge in [-0.05, 0) is 20.8 Å². The number of rotatable bonds is 0. The molecule has 0 bridgehead atoms. The molecule has 0 N–H and O–H groups in total. The molecule has 1 fully saturated rings. The van der Waals surface area contributed by atoms with E-state index >= 15 is 0 Å². The monoisotopic (exact) mass is 217 g/mol. The molecule has 0 aromatic heterocycles. The van der Waals surface area contributed by atoms with Crippen LogP contribution in [0.25, 0.3) is 0 Å². The van der Waals surface area contributed by atoms with E-state index in [2.05, 4.69) is 0 Å². The van der Waals surface area contributed by atoms with Crippen molar-refractivity contribution in [1.82, 2.24) is 4.90 Å². The average molecular weight is 217 g/mol. The number of carbonyl (C=O) groups excluding carboxylic acids is 2. The smallest absolute Gasteiger partial charge is 0.417 e. The summed E-state index contributed by atoms with van der Waals surface area (Å²) in [6, 6.07) is 0. The minimum atomic E-state index is -0.540. The molecule has 80 valence electrons. The van der Waals surface area contributed by atoms with E-state index in [0.717, 1.165) is 5.75 Å². The van der Waals surface area contributed by atoms with E-state index in [1.165, 1.54) is 4.90 Å². The molecular weight excluding hydrogens is 202 g/mol. The summed E-state index contributed by atoms with van der Waals surface area (Å²) in [5, 5.41) is 0. The maximum absolute atomic E-state index is 11.5. The van der Waals surface area contributed by atoms with E-state index in [-0.39, 0.29) is 5.91 Å². The number of ether oxygens (including phenoxy) is 1. The van der Waals surface area contributed by atoms with Gasteiger partial charge in [0.2, 0.25) is 5.91 Å². The van der Waals surface area contributed by atoms with Crippen LogP contribution >= 0.6 is 11.8 Å². The van der Waals surface area contributed by atoms with Crippen LogP contribution in [0.4, 0.5) is 4.79 Å². The van der Waals surface area contributed by atoms with Crippen LogP contribution in [0, 0.1) is 0 Å². The van der Waals surface area contributed by atoms with Gasteiger partial charge in [-0.15, -0.1) is 0 Å². The summed E-state index contributed by atoms with van der Waals surface area (Å²) in [5.41, 5.74) is -0.540. The number of hydrogen-bond donors (Lipinski definition) is 0. The van der Waals surface area contributed by atoms with Crippen molar-refractivity contribution in [1.29, 1.82) is 0 Å². The summed E-state index contributed by atoms with van der Waals surface area (Å²) in [6.45, 7) is 5.81. The lowest BCUT2D eigenvalue weighted by atomic mass is 10.2. The molecule has 1 aliphatic heterocycles. The Kier molecular flexibility index (Phi) is 3.42. The van der Waals surface area contributed by atoms with Gasteiger partial charge in [-0.3, -0.25) is 4.79 Å². The van der Waals surface area contributed by atoms with Crippen LogP contribution in [0.15, 0.2) is 0 Å². The fourth-order valence-electron chi connectivity index (χ4n) is 1.03.